The number of aryl methyl sites for hydroxylation is 4. The molecule has 0 saturated carbocycles. The molecule has 0 spiro atoms. The minimum atomic E-state index is -1.07. The van der Waals surface area contributed by atoms with Crippen molar-refractivity contribution in [2.24, 2.45) is 0 Å². The quantitative estimate of drug-likeness (QED) is 0.899. The fourth-order valence-corrected chi connectivity index (χ4v) is 1.89. The lowest BCUT2D eigenvalue weighted by Gasteiger charge is -2.02. The summed E-state index contributed by atoms with van der Waals surface area (Å²) in [4.78, 5) is 15.0. The van der Waals surface area contributed by atoms with Crippen LogP contribution in [0, 0.1) is 13.8 Å². The molecule has 1 N–H and O–H groups in total. The molecule has 0 aliphatic carbocycles. The van der Waals surface area contributed by atoms with Crippen molar-refractivity contribution < 1.29 is 14.3 Å². The first-order chi connectivity index (χ1) is 8.58. The molecule has 0 amide bonds. The number of nitrogens with zero attached hydrogens (tertiary/aromatic N) is 1. The van der Waals surface area contributed by atoms with Crippen LogP contribution in [0.2, 0.25) is 0 Å². The van der Waals surface area contributed by atoms with Gasteiger partial charge in [0, 0.05) is 6.42 Å². The maximum absolute atomic E-state index is 10.8. The van der Waals surface area contributed by atoms with Gasteiger partial charge in [0.25, 0.3) is 0 Å². The largest absolute Gasteiger partial charge is 0.475 e. The monoisotopic (exact) mass is 245 g/mol. The van der Waals surface area contributed by atoms with Gasteiger partial charge in [0.05, 0.1) is 5.69 Å². The molecule has 0 radical (unpaired) electrons. The normalized spacial score (nSPS) is 10.6. The Balaban J connectivity index is 2.09. The molecule has 1 aromatic heterocycles. The van der Waals surface area contributed by atoms with Crippen LogP contribution in [-0.4, -0.2) is 16.1 Å². The average Bonchev–Trinajstić information content (AvgIpc) is 2.70. The van der Waals surface area contributed by atoms with E-state index in [1.165, 1.54) is 11.1 Å². The highest BCUT2D eigenvalue weighted by molar-refractivity contribution is 5.85. The van der Waals surface area contributed by atoms with E-state index in [0.717, 1.165) is 6.42 Å². The van der Waals surface area contributed by atoms with Crippen LogP contribution < -0.4 is 0 Å². The van der Waals surface area contributed by atoms with Gasteiger partial charge in [0.15, 0.2) is 5.89 Å². The van der Waals surface area contributed by atoms with E-state index < -0.39 is 5.97 Å². The number of benzene rings is 1. The third-order valence-electron chi connectivity index (χ3n) is 2.90. The highest BCUT2D eigenvalue weighted by Crippen LogP contribution is 2.14. The van der Waals surface area contributed by atoms with E-state index in [1.807, 2.05) is 12.1 Å². The van der Waals surface area contributed by atoms with Gasteiger partial charge >= 0.3 is 5.97 Å². The van der Waals surface area contributed by atoms with Crippen LogP contribution in [0.25, 0.3) is 0 Å². The van der Waals surface area contributed by atoms with Crippen molar-refractivity contribution in [2.45, 2.75) is 26.7 Å². The minimum absolute atomic E-state index is 0.0604. The first-order valence-electron chi connectivity index (χ1n) is 5.82. The highest BCUT2D eigenvalue weighted by Gasteiger charge is 2.15. The van der Waals surface area contributed by atoms with E-state index in [1.54, 1.807) is 6.92 Å². The van der Waals surface area contributed by atoms with Crippen LogP contribution in [0.1, 0.15) is 33.3 Å². The number of aromatic nitrogens is 1. The molecular weight excluding hydrogens is 230 g/mol. The van der Waals surface area contributed by atoms with Crippen LogP contribution in [0.4, 0.5) is 0 Å². The molecule has 0 atom stereocenters. The number of aromatic carboxylic acids is 1. The number of rotatable bonds is 4. The first-order valence-corrected chi connectivity index (χ1v) is 5.82. The van der Waals surface area contributed by atoms with E-state index in [9.17, 15) is 4.79 Å². The van der Waals surface area contributed by atoms with Crippen LogP contribution >= 0.6 is 0 Å². The molecule has 4 heteroatoms. The number of oxazole rings is 1. The van der Waals surface area contributed by atoms with Gasteiger partial charge in [-0.05, 0) is 31.4 Å². The second-order valence-corrected chi connectivity index (χ2v) is 4.25. The maximum atomic E-state index is 10.8. The SMILES string of the molecule is Cc1ccccc1CCc1nc(C)c(C(=O)O)o1. The summed E-state index contributed by atoms with van der Waals surface area (Å²) in [5.41, 5.74) is 2.88. The molecule has 0 aliphatic rings. The van der Waals surface area contributed by atoms with E-state index in [-0.39, 0.29) is 5.76 Å². The molecule has 1 heterocycles. The molecular formula is C14H15NO3. The van der Waals surface area contributed by atoms with Crippen molar-refractivity contribution in [3.63, 3.8) is 0 Å². The van der Waals surface area contributed by atoms with Gasteiger partial charge in [-0.25, -0.2) is 9.78 Å². The van der Waals surface area contributed by atoms with Crippen LogP contribution in [-0.2, 0) is 12.8 Å². The van der Waals surface area contributed by atoms with Crippen molar-refractivity contribution in [3.05, 3.63) is 52.7 Å². The molecule has 0 fully saturated rings. The summed E-state index contributed by atoms with van der Waals surface area (Å²) in [5, 5.41) is 8.87. The summed E-state index contributed by atoms with van der Waals surface area (Å²) < 4.78 is 5.23. The summed E-state index contributed by atoms with van der Waals surface area (Å²) in [6.07, 6.45) is 1.41. The molecule has 0 saturated heterocycles. The van der Waals surface area contributed by atoms with Crippen molar-refractivity contribution in [3.8, 4) is 0 Å². The summed E-state index contributed by atoms with van der Waals surface area (Å²) in [6, 6.07) is 8.10. The zero-order valence-corrected chi connectivity index (χ0v) is 10.4. The molecule has 2 aromatic rings. The molecule has 18 heavy (non-hydrogen) atoms. The summed E-state index contributed by atoms with van der Waals surface area (Å²) in [5.74, 6) is -0.648. The molecule has 4 nitrogen and oxygen atoms in total. The highest BCUT2D eigenvalue weighted by atomic mass is 16.4. The number of hydrogen-bond donors (Lipinski definition) is 1. The van der Waals surface area contributed by atoms with Gasteiger partial charge in [-0.1, -0.05) is 24.3 Å². The number of carbonyl (C=O) groups is 1. The van der Waals surface area contributed by atoms with E-state index in [0.29, 0.717) is 18.0 Å². The Morgan fingerprint density at radius 1 is 1.28 bits per heavy atom. The predicted octanol–water partition coefficient (Wildman–Crippen LogP) is 2.77. The first kappa shape index (κ1) is 12.4. The van der Waals surface area contributed by atoms with Gasteiger partial charge in [-0.3, -0.25) is 0 Å². The van der Waals surface area contributed by atoms with Crippen LogP contribution in [0.3, 0.4) is 0 Å². The van der Waals surface area contributed by atoms with E-state index in [2.05, 4.69) is 24.0 Å². The molecule has 0 bridgehead atoms. The van der Waals surface area contributed by atoms with Crippen molar-refractivity contribution in [1.29, 1.82) is 0 Å². The zero-order chi connectivity index (χ0) is 13.1. The Morgan fingerprint density at radius 3 is 2.61 bits per heavy atom. The van der Waals surface area contributed by atoms with Crippen molar-refractivity contribution in [2.75, 3.05) is 0 Å². The van der Waals surface area contributed by atoms with E-state index in [4.69, 9.17) is 9.52 Å². The molecule has 2 rings (SSSR count). The molecule has 0 unspecified atom stereocenters. The van der Waals surface area contributed by atoms with Gasteiger partial charge in [-0.15, -0.1) is 0 Å². The predicted molar refractivity (Wildman–Crippen MR) is 66.8 cm³/mol. The fraction of sp³-hybridized carbons (Fsp3) is 0.286. The maximum Gasteiger partial charge on any atom is 0.373 e. The Labute approximate surface area is 105 Å². The summed E-state index contributed by atoms with van der Waals surface area (Å²) in [7, 11) is 0. The lowest BCUT2D eigenvalue weighted by atomic mass is 10.0. The Kier molecular flexibility index (Phi) is 3.46. The molecule has 1 aromatic carbocycles. The molecule has 94 valence electrons. The minimum Gasteiger partial charge on any atom is -0.475 e. The van der Waals surface area contributed by atoms with Crippen LogP contribution in [0.5, 0.6) is 0 Å². The Hall–Kier alpha value is -2.10. The Morgan fingerprint density at radius 2 is 2.00 bits per heavy atom. The van der Waals surface area contributed by atoms with E-state index >= 15 is 0 Å². The lowest BCUT2D eigenvalue weighted by Crippen LogP contribution is -1.95. The third kappa shape index (κ3) is 2.59. The van der Waals surface area contributed by atoms with Crippen LogP contribution in [0.15, 0.2) is 28.7 Å². The standard InChI is InChI=1S/C14H15NO3/c1-9-5-3-4-6-11(9)7-8-12-15-10(2)13(18-12)14(16)17/h3-6H,7-8H2,1-2H3,(H,16,17). The average molecular weight is 245 g/mol. The smallest absolute Gasteiger partial charge is 0.373 e. The summed E-state index contributed by atoms with van der Waals surface area (Å²) in [6.45, 7) is 3.70. The van der Waals surface area contributed by atoms with Gasteiger partial charge in [0.2, 0.25) is 5.76 Å². The number of carboxylic acids is 1. The second kappa shape index (κ2) is 5.04. The third-order valence-corrected chi connectivity index (χ3v) is 2.90. The number of hydrogen-bond acceptors (Lipinski definition) is 3. The van der Waals surface area contributed by atoms with Crippen molar-refractivity contribution in [1.82, 2.24) is 4.98 Å². The summed E-state index contributed by atoms with van der Waals surface area (Å²) >= 11 is 0. The number of carboxylic acid groups (broad SMARTS) is 1. The van der Waals surface area contributed by atoms with Gasteiger partial charge in [0.1, 0.15) is 0 Å². The van der Waals surface area contributed by atoms with Crippen molar-refractivity contribution >= 4 is 5.97 Å². The van der Waals surface area contributed by atoms with Gasteiger partial charge < -0.3 is 9.52 Å². The van der Waals surface area contributed by atoms with Gasteiger partial charge in [-0.2, -0.15) is 0 Å². The molecule has 0 aliphatic heterocycles. The Bertz CT molecular complexity index is 572. The zero-order valence-electron chi connectivity index (χ0n) is 10.4. The second-order valence-electron chi connectivity index (χ2n) is 4.25. The topological polar surface area (TPSA) is 63.3 Å². The lowest BCUT2D eigenvalue weighted by molar-refractivity contribution is 0.0659. The fourth-order valence-electron chi connectivity index (χ4n) is 1.89.